The Kier molecular flexibility index (Phi) is 4.47. The molecule has 3 aromatic heterocycles. The van der Waals surface area contributed by atoms with Gasteiger partial charge in [0, 0.05) is 23.0 Å². The predicted molar refractivity (Wildman–Crippen MR) is 98.7 cm³/mol. The van der Waals surface area contributed by atoms with Crippen LogP contribution in [0.5, 0.6) is 0 Å². The molecule has 0 N–H and O–H groups in total. The van der Waals surface area contributed by atoms with Crippen molar-refractivity contribution in [2.75, 3.05) is 0 Å². The van der Waals surface area contributed by atoms with Gasteiger partial charge in [-0.3, -0.25) is 9.36 Å². The number of carbonyl (C=O) groups excluding carboxylic acids is 1. The average molecular weight is 402 g/mol. The summed E-state index contributed by atoms with van der Waals surface area (Å²) in [5.41, 5.74) is 1.01. The van der Waals surface area contributed by atoms with E-state index in [2.05, 4.69) is 15.1 Å². The van der Waals surface area contributed by atoms with Crippen LogP contribution in [0, 0.1) is 5.82 Å². The predicted octanol–water partition coefficient (Wildman–Crippen LogP) is 4.27. The molecular formula is C18H10Cl2FN5O. The molecular weight excluding hydrogens is 392 g/mol. The summed E-state index contributed by atoms with van der Waals surface area (Å²) < 4.78 is 16.6. The first-order valence-corrected chi connectivity index (χ1v) is 8.49. The number of rotatable bonds is 3. The maximum absolute atomic E-state index is 13.9. The van der Waals surface area contributed by atoms with Crippen LogP contribution in [0.2, 0.25) is 10.2 Å². The number of imidazole rings is 1. The molecule has 0 amide bonds. The van der Waals surface area contributed by atoms with Crippen molar-refractivity contribution in [2.45, 2.75) is 0 Å². The van der Waals surface area contributed by atoms with E-state index in [1.54, 1.807) is 24.3 Å². The maximum Gasteiger partial charge on any atom is 0.283 e. The molecule has 4 rings (SSSR count). The second kappa shape index (κ2) is 6.94. The highest BCUT2D eigenvalue weighted by atomic mass is 35.5. The Balaban J connectivity index is 1.91. The highest BCUT2D eigenvalue weighted by Crippen LogP contribution is 2.27. The van der Waals surface area contributed by atoms with Gasteiger partial charge in [0.05, 0.1) is 5.69 Å². The fraction of sp³-hybridized carbons (Fsp3) is 0. The van der Waals surface area contributed by atoms with Gasteiger partial charge in [0.1, 0.15) is 17.3 Å². The molecule has 0 saturated carbocycles. The van der Waals surface area contributed by atoms with Crippen molar-refractivity contribution < 1.29 is 9.18 Å². The molecule has 0 bridgehead atoms. The molecule has 0 aliphatic heterocycles. The molecule has 0 atom stereocenters. The third-order valence-electron chi connectivity index (χ3n) is 3.74. The van der Waals surface area contributed by atoms with E-state index >= 15 is 0 Å². The van der Waals surface area contributed by atoms with Gasteiger partial charge in [-0.25, -0.2) is 19.0 Å². The Labute approximate surface area is 162 Å². The van der Waals surface area contributed by atoms with E-state index in [1.807, 2.05) is 0 Å². The highest BCUT2D eigenvalue weighted by Gasteiger charge is 2.19. The zero-order valence-corrected chi connectivity index (χ0v) is 15.1. The molecule has 4 aromatic rings. The number of nitrogens with zero attached hydrogens (tertiary/aromatic N) is 5. The SMILES string of the molecule is O=C(c1cc(-c2cc(F)cc(Cl)c2)n(-c2cccc(Cl)n2)n1)n1ccnc1. The van der Waals surface area contributed by atoms with Crippen LogP contribution in [-0.2, 0) is 0 Å². The summed E-state index contributed by atoms with van der Waals surface area (Å²) in [6.45, 7) is 0. The molecule has 0 fully saturated rings. The lowest BCUT2D eigenvalue weighted by molar-refractivity contribution is 0.0954. The summed E-state index contributed by atoms with van der Waals surface area (Å²) in [6.07, 6.45) is 4.37. The molecule has 0 unspecified atom stereocenters. The molecule has 6 nitrogen and oxygen atoms in total. The molecule has 27 heavy (non-hydrogen) atoms. The van der Waals surface area contributed by atoms with Gasteiger partial charge in [-0.05, 0) is 36.4 Å². The van der Waals surface area contributed by atoms with Crippen molar-refractivity contribution in [3.05, 3.63) is 82.9 Å². The zero-order chi connectivity index (χ0) is 19.0. The quantitative estimate of drug-likeness (QED) is 0.481. The van der Waals surface area contributed by atoms with Crippen molar-refractivity contribution in [1.29, 1.82) is 0 Å². The lowest BCUT2D eigenvalue weighted by Crippen LogP contribution is -2.11. The minimum atomic E-state index is -0.508. The third kappa shape index (κ3) is 3.47. The lowest BCUT2D eigenvalue weighted by atomic mass is 10.1. The highest BCUT2D eigenvalue weighted by molar-refractivity contribution is 6.30. The first-order chi connectivity index (χ1) is 13.0. The largest absolute Gasteiger partial charge is 0.283 e. The number of hydrogen-bond acceptors (Lipinski definition) is 4. The summed E-state index contributed by atoms with van der Waals surface area (Å²) in [6, 6.07) is 10.6. The normalized spacial score (nSPS) is 10.9. The molecule has 0 aliphatic carbocycles. The van der Waals surface area contributed by atoms with Crippen molar-refractivity contribution in [1.82, 2.24) is 24.3 Å². The smallest absolute Gasteiger partial charge is 0.271 e. The lowest BCUT2D eigenvalue weighted by Gasteiger charge is -2.07. The summed E-state index contributed by atoms with van der Waals surface area (Å²) in [4.78, 5) is 20.7. The Bertz CT molecular complexity index is 1120. The van der Waals surface area contributed by atoms with E-state index in [1.165, 1.54) is 46.2 Å². The van der Waals surface area contributed by atoms with Gasteiger partial charge < -0.3 is 0 Å². The third-order valence-corrected chi connectivity index (χ3v) is 4.17. The van der Waals surface area contributed by atoms with Gasteiger partial charge in [-0.2, -0.15) is 5.10 Å². The molecule has 0 saturated heterocycles. The Morgan fingerprint density at radius 3 is 2.67 bits per heavy atom. The number of pyridine rings is 1. The second-order valence-corrected chi connectivity index (χ2v) is 6.40. The van der Waals surface area contributed by atoms with Gasteiger partial charge in [-0.1, -0.05) is 29.3 Å². The van der Waals surface area contributed by atoms with Gasteiger partial charge >= 0.3 is 0 Å². The van der Waals surface area contributed by atoms with Crippen LogP contribution in [0.25, 0.3) is 17.1 Å². The van der Waals surface area contributed by atoms with E-state index in [4.69, 9.17) is 23.2 Å². The summed E-state index contributed by atoms with van der Waals surface area (Å²) in [5, 5.41) is 4.82. The first kappa shape index (κ1) is 17.4. The molecule has 0 radical (unpaired) electrons. The van der Waals surface area contributed by atoms with Gasteiger partial charge in [-0.15, -0.1) is 0 Å². The topological polar surface area (TPSA) is 65.6 Å². The summed E-state index contributed by atoms with van der Waals surface area (Å²) in [5.74, 6) is -0.522. The minimum absolute atomic E-state index is 0.130. The molecule has 1 aromatic carbocycles. The number of aromatic nitrogens is 5. The van der Waals surface area contributed by atoms with Gasteiger partial charge in [0.15, 0.2) is 11.5 Å². The number of halogens is 3. The van der Waals surface area contributed by atoms with Crippen LogP contribution in [0.4, 0.5) is 4.39 Å². The standard InChI is InChI=1S/C18H10Cl2FN5O/c19-12-6-11(7-13(21)8-12)15-9-14(18(27)25-5-4-22-10-25)24-26(15)17-3-1-2-16(20)23-17/h1-10H. The number of hydrogen-bond donors (Lipinski definition) is 0. The van der Waals surface area contributed by atoms with E-state index in [0.717, 1.165) is 0 Å². The maximum atomic E-state index is 13.9. The van der Waals surface area contributed by atoms with E-state index in [-0.39, 0.29) is 15.9 Å². The fourth-order valence-corrected chi connectivity index (χ4v) is 2.98. The second-order valence-electron chi connectivity index (χ2n) is 5.58. The van der Waals surface area contributed by atoms with E-state index in [0.29, 0.717) is 17.1 Å². The van der Waals surface area contributed by atoms with Crippen LogP contribution < -0.4 is 0 Å². The van der Waals surface area contributed by atoms with Crippen LogP contribution in [-0.4, -0.2) is 30.2 Å². The zero-order valence-electron chi connectivity index (χ0n) is 13.6. The molecule has 0 spiro atoms. The Hall–Kier alpha value is -3.03. The molecule has 0 aliphatic rings. The first-order valence-electron chi connectivity index (χ1n) is 7.73. The molecule has 3 heterocycles. The summed E-state index contributed by atoms with van der Waals surface area (Å²) >= 11 is 12.0. The van der Waals surface area contributed by atoms with Gasteiger partial charge in [0.25, 0.3) is 5.91 Å². The number of benzene rings is 1. The van der Waals surface area contributed by atoms with Crippen LogP contribution in [0.3, 0.4) is 0 Å². The molecule has 134 valence electrons. The monoisotopic (exact) mass is 401 g/mol. The van der Waals surface area contributed by atoms with Gasteiger partial charge in [0.2, 0.25) is 0 Å². The van der Waals surface area contributed by atoms with Crippen molar-refractivity contribution in [3.63, 3.8) is 0 Å². The Morgan fingerprint density at radius 1 is 1.11 bits per heavy atom. The van der Waals surface area contributed by atoms with Crippen molar-refractivity contribution in [3.8, 4) is 17.1 Å². The van der Waals surface area contributed by atoms with Crippen molar-refractivity contribution in [2.24, 2.45) is 0 Å². The van der Waals surface area contributed by atoms with Crippen LogP contribution in [0.15, 0.2) is 61.2 Å². The number of carbonyl (C=O) groups is 1. The average Bonchev–Trinajstić information content (AvgIpc) is 3.30. The van der Waals surface area contributed by atoms with Crippen LogP contribution in [0.1, 0.15) is 10.5 Å². The van der Waals surface area contributed by atoms with Crippen molar-refractivity contribution >= 4 is 29.1 Å². The van der Waals surface area contributed by atoms with E-state index in [9.17, 15) is 9.18 Å². The fourth-order valence-electron chi connectivity index (χ4n) is 2.59. The van der Waals surface area contributed by atoms with Crippen LogP contribution >= 0.6 is 23.2 Å². The summed E-state index contributed by atoms with van der Waals surface area (Å²) in [7, 11) is 0. The minimum Gasteiger partial charge on any atom is -0.271 e. The van der Waals surface area contributed by atoms with E-state index < -0.39 is 11.7 Å². The molecule has 9 heteroatoms. The Morgan fingerprint density at radius 2 is 1.96 bits per heavy atom.